The average Bonchev–Trinajstić information content (AvgIpc) is 2.83. The quantitative estimate of drug-likeness (QED) is 0.313. The Bertz CT molecular complexity index is 1430. The molecule has 0 spiro atoms. The van der Waals surface area contributed by atoms with E-state index in [9.17, 15) is 0 Å². The van der Waals surface area contributed by atoms with Gasteiger partial charge in [-0.1, -0.05) is 54.6 Å². The summed E-state index contributed by atoms with van der Waals surface area (Å²) in [5.41, 5.74) is 3.17. The maximum absolute atomic E-state index is 6.43. The summed E-state index contributed by atoms with van der Waals surface area (Å²) < 4.78 is 12.9. The van der Waals surface area contributed by atoms with Gasteiger partial charge in [0.1, 0.15) is 23.0 Å². The highest BCUT2D eigenvalue weighted by atomic mass is 31.1. The number of nitrogens with zero attached hydrogens (tertiary/aromatic N) is 1. The van der Waals surface area contributed by atoms with Crippen LogP contribution in [0.2, 0.25) is 0 Å². The number of rotatable bonds is 1. The Kier molecular flexibility index (Phi) is 3.52. The van der Waals surface area contributed by atoms with Crippen LogP contribution >= 0.6 is 7.92 Å². The van der Waals surface area contributed by atoms with E-state index in [1.807, 2.05) is 30.5 Å². The van der Waals surface area contributed by atoms with Crippen LogP contribution in [0.25, 0.3) is 22.0 Å². The molecule has 0 N–H and O–H groups in total. The van der Waals surface area contributed by atoms with Crippen molar-refractivity contribution in [2.24, 2.45) is 0 Å². The molecule has 0 saturated heterocycles. The highest BCUT2D eigenvalue weighted by Crippen LogP contribution is 2.53. The van der Waals surface area contributed by atoms with Gasteiger partial charge in [-0.2, -0.15) is 0 Å². The minimum Gasteiger partial charge on any atom is -0.456 e. The molecule has 0 fully saturated rings. The lowest BCUT2D eigenvalue weighted by Gasteiger charge is -2.34. The highest BCUT2D eigenvalue weighted by molar-refractivity contribution is 7.80. The SMILES string of the molecule is c1ccc2c(c1)Oc1cc(-c3ccnc4ccccc34)cc3c1P2c1ccccc1O3. The average molecular weight is 417 g/mol. The molecule has 3 nitrogen and oxygen atoms in total. The largest absolute Gasteiger partial charge is 0.456 e. The normalized spacial score (nSPS) is 13.5. The molecular formula is C27H16NO2P. The first-order chi connectivity index (χ1) is 15.4. The van der Waals surface area contributed by atoms with E-state index in [0.717, 1.165) is 50.3 Å². The van der Waals surface area contributed by atoms with Crippen molar-refractivity contribution < 1.29 is 9.47 Å². The summed E-state index contributed by atoms with van der Waals surface area (Å²) in [6.45, 7) is 0. The fourth-order valence-corrected chi connectivity index (χ4v) is 7.08. The third-order valence-corrected chi connectivity index (χ3v) is 8.47. The minimum atomic E-state index is -0.729. The Morgan fingerprint density at radius 2 is 1.23 bits per heavy atom. The zero-order valence-corrected chi connectivity index (χ0v) is 17.3. The molecule has 0 bridgehead atoms. The van der Waals surface area contributed by atoms with Crippen molar-refractivity contribution in [2.75, 3.05) is 0 Å². The minimum absolute atomic E-state index is 0.729. The molecule has 4 aromatic carbocycles. The zero-order valence-electron chi connectivity index (χ0n) is 16.4. The predicted octanol–water partition coefficient (Wildman–Crippen LogP) is 5.87. The Hall–Kier alpha value is -3.68. The Labute approximate surface area is 180 Å². The fourth-order valence-electron chi connectivity index (χ4n) is 4.53. The van der Waals surface area contributed by atoms with Gasteiger partial charge in [0.25, 0.3) is 0 Å². The van der Waals surface area contributed by atoms with Crippen LogP contribution in [0.1, 0.15) is 0 Å². The van der Waals surface area contributed by atoms with Crippen LogP contribution in [0.3, 0.4) is 0 Å². The lowest BCUT2D eigenvalue weighted by Crippen LogP contribution is -2.31. The van der Waals surface area contributed by atoms with Gasteiger partial charge in [0, 0.05) is 30.1 Å². The number of pyridine rings is 1. The van der Waals surface area contributed by atoms with Gasteiger partial charge in [-0.15, -0.1) is 0 Å². The lowest BCUT2D eigenvalue weighted by atomic mass is 10.0. The van der Waals surface area contributed by atoms with Crippen LogP contribution in [-0.4, -0.2) is 4.98 Å². The van der Waals surface area contributed by atoms with E-state index < -0.39 is 7.92 Å². The van der Waals surface area contributed by atoms with E-state index in [-0.39, 0.29) is 0 Å². The summed E-state index contributed by atoms with van der Waals surface area (Å²) in [6.07, 6.45) is 1.86. The Morgan fingerprint density at radius 1 is 0.613 bits per heavy atom. The van der Waals surface area contributed by atoms with Crippen molar-refractivity contribution in [2.45, 2.75) is 0 Å². The molecule has 2 aliphatic rings. The van der Waals surface area contributed by atoms with Gasteiger partial charge >= 0.3 is 0 Å². The van der Waals surface area contributed by atoms with Gasteiger partial charge in [0.15, 0.2) is 0 Å². The first-order valence-electron chi connectivity index (χ1n) is 10.2. The van der Waals surface area contributed by atoms with Gasteiger partial charge in [0.05, 0.1) is 10.8 Å². The molecule has 4 heteroatoms. The van der Waals surface area contributed by atoms with Gasteiger partial charge in [0.2, 0.25) is 0 Å². The van der Waals surface area contributed by atoms with E-state index in [4.69, 9.17) is 9.47 Å². The zero-order chi connectivity index (χ0) is 20.4. The first kappa shape index (κ1) is 17.0. The molecule has 0 amide bonds. The highest BCUT2D eigenvalue weighted by Gasteiger charge is 2.37. The molecule has 5 aromatic rings. The van der Waals surface area contributed by atoms with Crippen LogP contribution in [0, 0.1) is 0 Å². The van der Waals surface area contributed by atoms with Crippen molar-refractivity contribution >= 4 is 34.7 Å². The number of benzene rings is 4. The number of para-hydroxylation sites is 3. The van der Waals surface area contributed by atoms with Crippen LogP contribution < -0.4 is 25.4 Å². The predicted molar refractivity (Wildman–Crippen MR) is 126 cm³/mol. The molecular weight excluding hydrogens is 401 g/mol. The van der Waals surface area contributed by atoms with Gasteiger partial charge in [-0.05, 0) is 47.5 Å². The maximum atomic E-state index is 6.43. The van der Waals surface area contributed by atoms with Crippen LogP contribution in [0.15, 0.2) is 97.2 Å². The maximum Gasteiger partial charge on any atom is 0.140 e. The molecule has 1 aromatic heterocycles. The standard InChI is InChI=1S/C27H16NO2P/c1-2-8-20-19(7-1)18(13-14-28-20)17-15-23-27-24(16-17)30-22-10-4-6-12-26(22)31(27)25-11-5-3-9-21(25)29-23/h1-16H. The number of hydrogen-bond acceptors (Lipinski definition) is 3. The summed E-state index contributed by atoms with van der Waals surface area (Å²) in [7, 11) is -0.729. The molecule has 31 heavy (non-hydrogen) atoms. The summed E-state index contributed by atoms with van der Waals surface area (Å²) >= 11 is 0. The van der Waals surface area contributed by atoms with E-state index >= 15 is 0 Å². The van der Waals surface area contributed by atoms with Crippen molar-refractivity contribution in [3.63, 3.8) is 0 Å². The summed E-state index contributed by atoms with van der Waals surface area (Å²) in [6, 6.07) is 31.3. The second kappa shape index (κ2) is 6.41. The van der Waals surface area contributed by atoms with Crippen LogP contribution in [-0.2, 0) is 0 Å². The number of hydrogen-bond donors (Lipinski definition) is 0. The number of ether oxygens (including phenoxy) is 2. The van der Waals surface area contributed by atoms with E-state index in [2.05, 4.69) is 71.7 Å². The molecule has 3 heterocycles. The second-order valence-electron chi connectivity index (χ2n) is 7.67. The molecule has 7 rings (SSSR count). The van der Waals surface area contributed by atoms with E-state index in [0.29, 0.717) is 0 Å². The van der Waals surface area contributed by atoms with E-state index in [1.54, 1.807) is 0 Å². The molecule has 0 saturated carbocycles. The second-order valence-corrected chi connectivity index (χ2v) is 9.75. The van der Waals surface area contributed by atoms with Crippen LogP contribution in [0.5, 0.6) is 23.0 Å². The van der Waals surface area contributed by atoms with Crippen molar-refractivity contribution in [1.82, 2.24) is 4.98 Å². The van der Waals surface area contributed by atoms with Gasteiger partial charge in [-0.3, -0.25) is 4.98 Å². The number of aromatic nitrogens is 1. The molecule has 146 valence electrons. The summed E-state index contributed by atoms with van der Waals surface area (Å²) in [4.78, 5) is 4.52. The van der Waals surface area contributed by atoms with Crippen molar-refractivity contribution in [3.05, 3.63) is 97.2 Å². The van der Waals surface area contributed by atoms with Gasteiger partial charge < -0.3 is 9.47 Å². The molecule has 0 radical (unpaired) electrons. The Morgan fingerprint density at radius 3 is 1.94 bits per heavy atom. The van der Waals surface area contributed by atoms with Crippen molar-refractivity contribution in [1.29, 1.82) is 0 Å². The smallest absolute Gasteiger partial charge is 0.140 e. The third-order valence-electron chi connectivity index (χ3n) is 5.88. The molecule has 2 aliphatic heterocycles. The summed E-state index contributed by atoms with van der Waals surface area (Å²) in [5.74, 6) is 3.63. The lowest BCUT2D eigenvalue weighted by molar-refractivity contribution is 0.467. The van der Waals surface area contributed by atoms with Gasteiger partial charge in [-0.25, -0.2) is 0 Å². The third kappa shape index (κ3) is 2.47. The monoisotopic (exact) mass is 417 g/mol. The molecule has 0 aliphatic carbocycles. The summed E-state index contributed by atoms with van der Waals surface area (Å²) in [5, 5.41) is 4.76. The fraction of sp³-hybridized carbons (Fsp3) is 0. The first-order valence-corrected chi connectivity index (χ1v) is 11.6. The van der Waals surface area contributed by atoms with Crippen molar-refractivity contribution in [3.8, 4) is 34.1 Å². The molecule has 0 unspecified atom stereocenters. The Balaban J connectivity index is 1.51. The van der Waals surface area contributed by atoms with Crippen LogP contribution in [0.4, 0.5) is 0 Å². The van der Waals surface area contributed by atoms with E-state index in [1.165, 1.54) is 10.6 Å². The molecule has 0 atom stereocenters. The number of fused-ring (bicyclic) bond motifs is 5. The topological polar surface area (TPSA) is 31.4 Å².